The van der Waals surface area contributed by atoms with Crippen LogP contribution in [0.5, 0.6) is 11.5 Å². The highest BCUT2D eigenvalue weighted by molar-refractivity contribution is 5.87. The van der Waals surface area contributed by atoms with Crippen molar-refractivity contribution in [2.45, 2.75) is 57.8 Å². The average molecular weight is 419 g/mol. The van der Waals surface area contributed by atoms with E-state index in [1.807, 2.05) is 6.92 Å². The van der Waals surface area contributed by atoms with Crippen LogP contribution in [-0.2, 0) is 6.42 Å². The number of aliphatic hydroxyl groups excluding tert-OH is 1. The van der Waals surface area contributed by atoms with Gasteiger partial charge in [-0.2, -0.15) is 0 Å². The van der Waals surface area contributed by atoms with E-state index in [-0.39, 0.29) is 35.7 Å². The molecule has 30 heavy (non-hydrogen) atoms. The normalized spacial score (nSPS) is 16.8. The predicted molar refractivity (Wildman–Crippen MR) is 113 cm³/mol. The summed E-state index contributed by atoms with van der Waals surface area (Å²) in [7, 11) is 0. The Balaban J connectivity index is 2.06. The maximum Gasteiger partial charge on any atom is 0.196 e. The molecule has 9 heteroatoms. The van der Waals surface area contributed by atoms with Crippen LogP contribution in [0.25, 0.3) is 11.0 Å². The van der Waals surface area contributed by atoms with Gasteiger partial charge in [-0.05, 0) is 20.3 Å². The Morgan fingerprint density at radius 2 is 2.13 bits per heavy atom. The smallest absolute Gasteiger partial charge is 0.196 e. The summed E-state index contributed by atoms with van der Waals surface area (Å²) in [6.07, 6.45) is -0.172. The molecule has 1 aromatic carbocycles. The zero-order chi connectivity index (χ0) is 22.1. The average Bonchev–Trinajstić information content (AvgIpc) is 3.09. The molecule has 0 radical (unpaired) electrons. The van der Waals surface area contributed by atoms with Gasteiger partial charge < -0.3 is 35.6 Å². The Kier molecular flexibility index (Phi) is 6.23. The first-order valence-electron chi connectivity index (χ1n) is 10.0. The van der Waals surface area contributed by atoms with E-state index >= 15 is 0 Å². The van der Waals surface area contributed by atoms with Crippen molar-refractivity contribution in [3.05, 3.63) is 33.7 Å². The van der Waals surface area contributed by atoms with Crippen LogP contribution in [-0.4, -0.2) is 41.0 Å². The van der Waals surface area contributed by atoms with Crippen LogP contribution in [0.4, 0.5) is 0 Å². The van der Waals surface area contributed by atoms with Crippen molar-refractivity contribution in [3.8, 4) is 11.5 Å². The van der Waals surface area contributed by atoms with Gasteiger partial charge in [0.15, 0.2) is 11.4 Å². The number of rotatable bonds is 8. The molecule has 6 N–H and O–H groups in total. The van der Waals surface area contributed by atoms with Gasteiger partial charge in [-0.1, -0.05) is 6.92 Å². The number of fused-ring (bicyclic) bond motifs is 2. The lowest BCUT2D eigenvalue weighted by Gasteiger charge is -2.24. The summed E-state index contributed by atoms with van der Waals surface area (Å²) in [6, 6.07) is 2.87. The van der Waals surface area contributed by atoms with Gasteiger partial charge in [-0.3, -0.25) is 9.79 Å². The molecule has 9 nitrogen and oxygen atoms in total. The molecule has 0 saturated heterocycles. The zero-order valence-corrected chi connectivity index (χ0v) is 17.5. The molecular weight excluding hydrogens is 390 g/mol. The highest BCUT2D eigenvalue weighted by Gasteiger charge is 2.38. The maximum absolute atomic E-state index is 12.9. The fraction of sp³-hybridized carbons (Fsp3) is 0.524. The number of nitrogens with two attached hydrogens (primary N) is 2. The van der Waals surface area contributed by atoms with Gasteiger partial charge >= 0.3 is 0 Å². The SMILES string of the molecule is CCCOc1c2c(cc3oc(C(O)CCN=C(N)N)cc(=O)c13)OC(C(C)(C)O)C2. The molecule has 0 fully saturated rings. The van der Waals surface area contributed by atoms with Crippen molar-refractivity contribution >= 4 is 16.9 Å². The quantitative estimate of drug-likeness (QED) is 0.369. The Labute approximate surface area is 174 Å². The first kappa shape index (κ1) is 21.9. The van der Waals surface area contributed by atoms with E-state index in [0.717, 1.165) is 12.0 Å². The third-order valence-electron chi connectivity index (χ3n) is 4.98. The van der Waals surface area contributed by atoms with E-state index in [0.29, 0.717) is 29.9 Å². The molecule has 164 valence electrons. The van der Waals surface area contributed by atoms with Crippen molar-refractivity contribution < 1.29 is 24.1 Å². The number of aliphatic hydroxyl groups is 2. The Bertz CT molecular complexity index is 1000. The molecule has 1 aliphatic rings. The lowest BCUT2D eigenvalue weighted by molar-refractivity contribution is -0.0229. The van der Waals surface area contributed by atoms with Gasteiger partial charge in [0.25, 0.3) is 0 Å². The zero-order valence-electron chi connectivity index (χ0n) is 17.5. The van der Waals surface area contributed by atoms with Gasteiger partial charge in [-0.15, -0.1) is 0 Å². The summed E-state index contributed by atoms with van der Waals surface area (Å²) in [6.45, 7) is 5.92. The monoisotopic (exact) mass is 419 g/mol. The number of nitrogens with zero attached hydrogens (tertiary/aromatic N) is 1. The van der Waals surface area contributed by atoms with Gasteiger partial charge in [0.05, 0.1) is 12.2 Å². The second kappa shape index (κ2) is 8.53. The largest absolute Gasteiger partial charge is 0.492 e. The van der Waals surface area contributed by atoms with Crippen LogP contribution in [0, 0.1) is 0 Å². The van der Waals surface area contributed by atoms with Gasteiger partial charge in [0.1, 0.15) is 40.4 Å². The molecule has 1 aromatic heterocycles. The predicted octanol–water partition coefficient (Wildman–Crippen LogP) is 1.35. The minimum atomic E-state index is -1.07. The van der Waals surface area contributed by atoms with Gasteiger partial charge in [0.2, 0.25) is 0 Å². The highest BCUT2D eigenvalue weighted by Crippen LogP contribution is 2.43. The molecule has 0 bridgehead atoms. The van der Waals surface area contributed by atoms with Gasteiger partial charge in [-0.25, -0.2) is 0 Å². The molecule has 0 spiro atoms. The van der Waals surface area contributed by atoms with Crippen LogP contribution in [0.15, 0.2) is 26.3 Å². The molecule has 3 rings (SSSR count). The Hall–Kier alpha value is -2.78. The highest BCUT2D eigenvalue weighted by atomic mass is 16.5. The van der Waals surface area contributed by atoms with Crippen molar-refractivity contribution in [2.24, 2.45) is 16.5 Å². The van der Waals surface area contributed by atoms with Crippen LogP contribution in [0.1, 0.15) is 51.0 Å². The molecule has 0 saturated carbocycles. The van der Waals surface area contributed by atoms with Crippen molar-refractivity contribution in [1.82, 2.24) is 0 Å². The summed E-state index contributed by atoms with van der Waals surface area (Å²) >= 11 is 0. The van der Waals surface area contributed by atoms with Crippen molar-refractivity contribution in [3.63, 3.8) is 0 Å². The lowest BCUT2D eigenvalue weighted by atomic mass is 9.96. The van der Waals surface area contributed by atoms with Crippen LogP contribution in [0.3, 0.4) is 0 Å². The third kappa shape index (κ3) is 4.52. The summed E-state index contributed by atoms with van der Waals surface area (Å²) in [4.78, 5) is 16.8. The van der Waals surface area contributed by atoms with E-state index < -0.39 is 17.8 Å². The number of benzene rings is 1. The summed E-state index contributed by atoms with van der Waals surface area (Å²) in [5, 5.41) is 21.1. The number of guanidine groups is 1. The number of hydrogen-bond donors (Lipinski definition) is 4. The van der Waals surface area contributed by atoms with E-state index in [1.54, 1.807) is 19.9 Å². The molecule has 2 heterocycles. The second-order valence-electron chi connectivity index (χ2n) is 7.99. The standard InChI is InChI=1S/C21H29N3O6/c1-4-7-28-19-11-8-17(21(2,3)27)30-14(11)10-16-18(19)13(26)9-15(29-16)12(25)5-6-24-20(22)23/h9-10,12,17,25,27H,4-8H2,1-3H3,(H4,22,23,24). The molecule has 0 amide bonds. The van der Waals surface area contributed by atoms with Crippen molar-refractivity contribution in [1.29, 1.82) is 0 Å². The van der Waals surface area contributed by atoms with Crippen LogP contribution in [0.2, 0.25) is 0 Å². The minimum absolute atomic E-state index is 0.0750. The molecule has 2 unspecified atom stereocenters. The third-order valence-corrected chi connectivity index (χ3v) is 4.98. The summed E-state index contributed by atoms with van der Waals surface area (Å²) in [5.41, 5.74) is 10.2. The minimum Gasteiger partial charge on any atom is -0.492 e. The Morgan fingerprint density at radius 3 is 2.77 bits per heavy atom. The fourth-order valence-corrected chi connectivity index (χ4v) is 3.38. The number of aliphatic imine (C=N–C) groups is 1. The van der Waals surface area contributed by atoms with E-state index in [1.165, 1.54) is 6.07 Å². The summed E-state index contributed by atoms with van der Waals surface area (Å²) < 4.78 is 17.7. The fourth-order valence-electron chi connectivity index (χ4n) is 3.38. The number of ether oxygens (including phenoxy) is 2. The molecule has 0 aliphatic carbocycles. The topological polar surface area (TPSA) is 154 Å². The van der Waals surface area contributed by atoms with Gasteiger partial charge in [0, 0.05) is 37.1 Å². The second-order valence-corrected chi connectivity index (χ2v) is 7.99. The van der Waals surface area contributed by atoms with Crippen LogP contribution < -0.4 is 26.4 Å². The first-order chi connectivity index (χ1) is 14.1. The maximum atomic E-state index is 12.9. The molecule has 2 atom stereocenters. The number of hydrogen-bond acceptors (Lipinski definition) is 7. The summed E-state index contributed by atoms with van der Waals surface area (Å²) in [5.74, 6) is 0.938. The molecule has 2 aromatic rings. The molecular formula is C21H29N3O6. The first-order valence-corrected chi connectivity index (χ1v) is 10.0. The lowest BCUT2D eigenvalue weighted by Crippen LogP contribution is -2.39. The van der Waals surface area contributed by atoms with E-state index in [9.17, 15) is 15.0 Å². The van der Waals surface area contributed by atoms with Crippen LogP contribution >= 0.6 is 0 Å². The Morgan fingerprint density at radius 1 is 1.40 bits per heavy atom. The van der Waals surface area contributed by atoms with E-state index in [4.69, 9.17) is 25.4 Å². The molecule has 1 aliphatic heterocycles. The van der Waals surface area contributed by atoms with E-state index in [2.05, 4.69) is 4.99 Å². The van der Waals surface area contributed by atoms with Crippen molar-refractivity contribution in [2.75, 3.05) is 13.2 Å².